The summed E-state index contributed by atoms with van der Waals surface area (Å²) in [6.45, 7) is 2.46. The largest absolute Gasteiger partial charge is 0.436 e. The third-order valence-electron chi connectivity index (χ3n) is 3.07. The van der Waals surface area contributed by atoms with Gasteiger partial charge in [0.15, 0.2) is 5.69 Å². The maximum absolute atomic E-state index is 12.0. The molecule has 0 bridgehead atoms. The minimum absolute atomic E-state index is 0. The van der Waals surface area contributed by atoms with Crippen molar-refractivity contribution in [2.75, 3.05) is 33.4 Å². The molecule has 0 spiro atoms. The van der Waals surface area contributed by atoms with Crippen molar-refractivity contribution in [2.24, 2.45) is 0 Å². The number of hydrogen-bond donors (Lipinski definition) is 2. The van der Waals surface area contributed by atoms with Gasteiger partial charge < -0.3 is 20.1 Å². The van der Waals surface area contributed by atoms with Gasteiger partial charge in [0.25, 0.3) is 5.91 Å². The first-order valence-electron chi connectivity index (χ1n) is 7.55. The minimum Gasteiger partial charge on any atom is -0.436 e. The number of methoxy groups -OCH3 is 1. The Balaban J connectivity index is 0.00000338. The standard InChI is InChI=1S/C16H18Cl2N4O3.ClH/c1-24-10-9-19-7-8-20-16(23)12-5-6-14(22-21-12)25-13-4-2-3-11(17)15(13)18;/h2-6,19H,7-10H2,1H3,(H,20,23);1H. The first kappa shape index (κ1) is 22.4. The average Bonchev–Trinajstić information content (AvgIpc) is 2.62. The van der Waals surface area contributed by atoms with Crippen LogP contribution in [-0.4, -0.2) is 49.5 Å². The molecule has 10 heteroatoms. The second-order valence-corrected chi connectivity index (χ2v) is 5.69. The van der Waals surface area contributed by atoms with Crippen molar-refractivity contribution in [2.45, 2.75) is 0 Å². The van der Waals surface area contributed by atoms with E-state index in [-0.39, 0.29) is 34.9 Å². The van der Waals surface area contributed by atoms with Gasteiger partial charge in [-0.15, -0.1) is 22.6 Å². The Hall–Kier alpha value is -1.64. The molecule has 0 atom stereocenters. The number of hydrogen-bond acceptors (Lipinski definition) is 6. The van der Waals surface area contributed by atoms with Crippen molar-refractivity contribution in [1.82, 2.24) is 20.8 Å². The van der Waals surface area contributed by atoms with Crippen LogP contribution >= 0.6 is 35.6 Å². The zero-order valence-corrected chi connectivity index (χ0v) is 16.3. The molecule has 0 saturated heterocycles. The summed E-state index contributed by atoms with van der Waals surface area (Å²) in [5.74, 6) is 0.262. The van der Waals surface area contributed by atoms with Crippen LogP contribution in [0, 0.1) is 0 Å². The minimum atomic E-state index is -0.312. The van der Waals surface area contributed by atoms with Crippen molar-refractivity contribution in [1.29, 1.82) is 0 Å². The summed E-state index contributed by atoms with van der Waals surface area (Å²) in [5, 5.41) is 14.2. The van der Waals surface area contributed by atoms with Gasteiger partial charge in [0.2, 0.25) is 5.88 Å². The van der Waals surface area contributed by atoms with Crippen LogP contribution in [-0.2, 0) is 4.74 Å². The number of halogens is 3. The quantitative estimate of drug-likeness (QED) is 0.606. The predicted octanol–water partition coefficient (Wildman–Crippen LogP) is 2.96. The highest BCUT2D eigenvalue weighted by molar-refractivity contribution is 6.42. The summed E-state index contributed by atoms with van der Waals surface area (Å²) < 4.78 is 10.4. The Morgan fingerprint density at radius 1 is 1.12 bits per heavy atom. The Labute approximate surface area is 167 Å². The van der Waals surface area contributed by atoms with Crippen LogP contribution in [0.25, 0.3) is 0 Å². The van der Waals surface area contributed by atoms with Crippen LogP contribution in [0.1, 0.15) is 10.5 Å². The van der Waals surface area contributed by atoms with E-state index in [4.69, 9.17) is 32.7 Å². The number of amides is 1. The highest BCUT2D eigenvalue weighted by atomic mass is 35.5. The molecule has 1 aromatic heterocycles. The van der Waals surface area contributed by atoms with E-state index in [0.717, 1.165) is 6.54 Å². The van der Waals surface area contributed by atoms with Crippen molar-refractivity contribution >= 4 is 41.5 Å². The molecule has 0 aliphatic rings. The Morgan fingerprint density at radius 2 is 1.92 bits per heavy atom. The van der Waals surface area contributed by atoms with Gasteiger partial charge in [0.1, 0.15) is 10.8 Å². The molecule has 2 N–H and O–H groups in total. The van der Waals surface area contributed by atoms with Gasteiger partial charge >= 0.3 is 0 Å². The van der Waals surface area contributed by atoms with E-state index in [1.807, 2.05) is 0 Å². The fraction of sp³-hybridized carbons (Fsp3) is 0.312. The van der Waals surface area contributed by atoms with E-state index >= 15 is 0 Å². The van der Waals surface area contributed by atoms with Gasteiger partial charge in [-0.25, -0.2) is 0 Å². The molecule has 2 aromatic rings. The molecule has 0 radical (unpaired) electrons. The summed E-state index contributed by atoms with van der Waals surface area (Å²) >= 11 is 12.0. The number of carbonyl (C=O) groups excluding carboxylic acids is 1. The second kappa shape index (κ2) is 11.9. The second-order valence-electron chi connectivity index (χ2n) is 4.91. The van der Waals surface area contributed by atoms with Gasteiger partial charge in [-0.05, 0) is 18.2 Å². The number of ether oxygens (including phenoxy) is 2. The zero-order chi connectivity index (χ0) is 18.1. The SMILES string of the molecule is COCCNCCNC(=O)c1ccc(Oc2cccc(Cl)c2Cl)nn1.Cl. The average molecular weight is 422 g/mol. The maximum Gasteiger partial charge on any atom is 0.271 e. The van der Waals surface area contributed by atoms with Crippen molar-refractivity contribution in [3.8, 4) is 11.6 Å². The highest BCUT2D eigenvalue weighted by Gasteiger charge is 2.10. The number of nitrogens with one attached hydrogen (secondary N) is 2. The summed E-state index contributed by atoms with van der Waals surface area (Å²) in [4.78, 5) is 12.0. The van der Waals surface area contributed by atoms with E-state index in [0.29, 0.717) is 30.5 Å². The predicted molar refractivity (Wildman–Crippen MR) is 103 cm³/mol. The number of aromatic nitrogens is 2. The first-order chi connectivity index (χ1) is 12.1. The highest BCUT2D eigenvalue weighted by Crippen LogP contribution is 2.33. The maximum atomic E-state index is 12.0. The molecule has 0 fully saturated rings. The van der Waals surface area contributed by atoms with E-state index in [9.17, 15) is 4.79 Å². The molecular formula is C16H19Cl3N4O3. The third kappa shape index (κ3) is 6.93. The lowest BCUT2D eigenvalue weighted by Crippen LogP contribution is -2.33. The Kier molecular flexibility index (Phi) is 10.2. The van der Waals surface area contributed by atoms with Gasteiger partial charge in [-0.1, -0.05) is 29.3 Å². The first-order valence-corrected chi connectivity index (χ1v) is 8.31. The molecule has 142 valence electrons. The summed E-state index contributed by atoms with van der Waals surface area (Å²) in [6.07, 6.45) is 0. The van der Waals surface area contributed by atoms with E-state index < -0.39 is 0 Å². The molecule has 0 aliphatic heterocycles. The normalized spacial score (nSPS) is 10.1. The third-order valence-corrected chi connectivity index (χ3v) is 3.88. The van der Waals surface area contributed by atoms with Crippen molar-refractivity contribution < 1.29 is 14.3 Å². The van der Waals surface area contributed by atoms with E-state index in [1.165, 1.54) is 12.1 Å². The molecule has 1 aromatic carbocycles. The molecule has 0 unspecified atom stereocenters. The lowest BCUT2D eigenvalue weighted by atomic mass is 10.3. The van der Waals surface area contributed by atoms with Gasteiger partial charge in [0, 0.05) is 32.8 Å². The van der Waals surface area contributed by atoms with Gasteiger partial charge in [-0.2, -0.15) is 0 Å². The molecule has 1 heterocycles. The summed E-state index contributed by atoms with van der Waals surface area (Å²) in [6, 6.07) is 8.08. The summed E-state index contributed by atoms with van der Waals surface area (Å²) in [5.41, 5.74) is 0.196. The Bertz CT molecular complexity index is 702. The smallest absolute Gasteiger partial charge is 0.271 e. The van der Waals surface area contributed by atoms with Crippen LogP contribution in [0.15, 0.2) is 30.3 Å². The Morgan fingerprint density at radius 3 is 2.62 bits per heavy atom. The van der Waals surface area contributed by atoms with Crippen molar-refractivity contribution in [3.05, 3.63) is 46.1 Å². The van der Waals surface area contributed by atoms with Crippen LogP contribution in [0.2, 0.25) is 10.0 Å². The van der Waals surface area contributed by atoms with Crippen LogP contribution in [0.3, 0.4) is 0 Å². The van der Waals surface area contributed by atoms with Crippen molar-refractivity contribution in [3.63, 3.8) is 0 Å². The summed E-state index contributed by atoms with van der Waals surface area (Å²) in [7, 11) is 1.63. The van der Waals surface area contributed by atoms with Crippen LogP contribution in [0.5, 0.6) is 11.6 Å². The fourth-order valence-corrected chi connectivity index (χ4v) is 2.16. The molecule has 0 aliphatic carbocycles. The van der Waals surface area contributed by atoms with Crippen LogP contribution < -0.4 is 15.4 Å². The van der Waals surface area contributed by atoms with Crippen LogP contribution in [0.4, 0.5) is 0 Å². The molecule has 1 amide bonds. The lowest BCUT2D eigenvalue weighted by Gasteiger charge is -2.08. The lowest BCUT2D eigenvalue weighted by molar-refractivity contribution is 0.0947. The number of rotatable bonds is 9. The molecule has 7 nitrogen and oxygen atoms in total. The fourth-order valence-electron chi connectivity index (χ4n) is 1.83. The number of nitrogens with zero attached hydrogens (tertiary/aromatic N) is 2. The molecule has 2 rings (SSSR count). The zero-order valence-electron chi connectivity index (χ0n) is 14.0. The molecule has 26 heavy (non-hydrogen) atoms. The van der Waals surface area contributed by atoms with Gasteiger partial charge in [0.05, 0.1) is 11.6 Å². The van der Waals surface area contributed by atoms with E-state index in [2.05, 4.69) is 20.8 Å². The monoisotopic (exact) mass is 420 g/mol. The van der Waals surface area contributed by atoms with E-state index in [1.54, 1.807) is 25.3 Å². The molecular weight excluding hydrogens is 403 g/mol. The topological polar surface area (TPSA) is 85.4 Å². The number of benzene rings is 1. The van der Waals surface area contributed by atoms with Gasteiger partial charge in [-0.3, -0.25) is 4.79 Å². The molecule has 0 saturated carbocycles. The number of carbonyl (C=O) groups is 1.